The summed E-state index contributed by atoms with van der Waals surface area (Å²) < 4.78 is 0. The van der Waals surface area contributed by atoms with E-state index >= 15 is 0 Å². The third-order valence-corrected chi connectivity index (χ3v) is 5.85. The number of nitrogens with one attached hydrogen (secondary N) is 2. The molecule has 0 bridgehead atoms. The maximum Gasteiger partial charge on any atom is 0.226 e. The maximum atomic E-state index is 12.9. The Labute approximate surface area is 166 Å². The van der Waals surface area contributed by atoms with Crippen molar-refractivity contribution >= 4 is 35.8 Å². The number of carbonyl (C=O) groups is 2. The summed E-state index contributed by atoms with van der Waals surface area (Å²) in [6, 6.07) is 7.18. The molecule has 0 spiro atoms. The van der Waals surface area contributed by atoms with Crippen LogP contribution in [0.3, 0.4) is 0 Å². The zero-order chi connectivity index (χ0) is 18.0. The number of benzene rings is 1. The van der Waals surface area contributed by atoms with E-state index in [0.717, 1.165) is 31.5 Å². The highest BCUT2D eigenvalue weighted by molar-refractivity contribution is 6.30. The smallest absolute Gasteiger partial charge is 0.226 e. The Kier molecular flexibility index (Phi) is 6.94. The molecular formula is C19H27Cl2N3O2. The van der Waals surface area contributed by atoms with Crippen LogP contribution in [0.1, 0.15) is 37.8 Å². The van der Waals surface area contributed by atoms with Gasteiger partial charge < -0.3 is 15.5 Å². The molecule has 3 rings (SSSR count). The van der Waals surface area contributed by atoms with Crippen LogP contribution in [0.15, 0.2) is 24.3 Å². The van der Waals surface area contributed by atoms with Crippen molar-refractivity contribution in [3.05, 3.63) is 34.9 Å². The molecule has 26 heavy (non-hydrogen) atoms. The number of hydrogen-bond acceptors (Lipinski definition) is 3. The summed E-state index contributed by atoms with van der Waals surface area (Å²) in [5.74, 6) is -0.415. The fraction of sp³-hybridized carbons (Fsp3) is 0.579. The number of hydrogen-bond donors (Lipinski definition) is 2. The second-order valence-electron chi connectivity index (χ2n) is 7.59. The van der Waals surface area contributed by atoms with Crippen LogP contribution in [-0.4, -0.2) is 43.4 Å². The summed E-state index contributed by atoms with van der Waals surface area (Å²) in [4.78, 5) is 26.8. The Balaban J connectivity index is 0.00000243. The van der Waals surface area contributed by atoms with Crippen LogP contribution in [0.2, 0.25) is 5.02 Å². The van der Waals surface area contributed by atoms with Crippen molar-refractivity contribution in [2.75, 3.05) is 26.7 Å². The first kappa shape index (κ1) is 21.0. The molecule has 0 saturated carbocycles. The van der Waals surface area contributed by atoms with Crippen molar-refractivity contribution in [2.24, 2.45) is 11.3 Å². The predicted octanol–water partition coefficient (Wildman–Crippen LogP) is 2.79. The van der Waals surface area contributed by atoms with Gasteiger partial charge in [-0.1, -0.05) is 30.7 Å². The lowest BCUT2D eigenvalue weighted by molar-refractivity contribution is -0.128. The van der Waals surface area contributed by atoms with E-state index in [2.05, 4.69) is 17.6 Å². The van der Waals surface area contributed by atoms with Crippen LogP contribution in [-0.2, 0) is 9.59 Å². The van der Waals surface area contributed by atoms with Gasteiger partial charge >= 0.3 is 0 Å². The van der Waals surface area contributed by atoms with Crippen molar-refractivity contribution in [3.63, 3.8) is 0 Å². The van der Waals surface area contributed by atoms with Crippen molar-refractivity contribution in [1.82, 2.24) is 15.5 Å². The van der Waals surface area contributed by atoms with Crippen LogP contribution in [0.25, 0.3) is 0 Å². The first-order valence-electron chi connectivity index (χ1n) is 8.89. The Morgan fingerprint density at radius 3 is 2.73 bits per heavy atom. The molecule has 0 aromatic heterocycles. The summed E-state index contributed by atoms with van der Waals surface area (Å²) in [6.45, 7) is 4.85. The molecule has 2 amide bonds. The summed E-state index contributed by atoms with van der Waals surface area (Å²) >= 11 is 6.11. The van der Waals surface area contributed by atoms with E-state index in [1.807, 2.05) is 18.2 Å². The van der Waals surface area contributed by atoms with Gasteiger partial charge in [0.1, 0.15) is 0 Å². The highest BCUT2D eigenvalue weighted by atomic mass is 35.5. The number of piperidine rings is 1. The molecule has 2 atom stereocenters. The average Bonchev–Trinajstić information content (AvgIpc) is 2.89. The van der Waals surface area contributed by atoms with Crippen LogP contribution >= 0.6 is 24.0 Å². The monoisotopic (exact) mass is 399 g/mol. The molecule has 144 valence electrons. The predicted molar refractivity (Wildman–Crippen MR) is 106 cm³/mol. The lowest BCUT2D eigenvalue weighted by Crippen LogP contribution is -2.44. The highest BCUT2D eigenvalue weighted by Gasteiger charge is 2.43. The van der Waals surface area contributed by atoms with Gasteiger partial charge in [0.2, 0.25) is 11.8 Å². The molecule has 7 heteroatoms. The summed E-state index contributed by atoms with van der Waals surface area (Å²) in [6.07, 6.45) is 2.35. The van der Waals surface area contributed by atoms with Gasteiger partial charge in [-0.3, -0.25) is 9.59 Å². The number of amides is 2. The Bertz CT molecular complexity index is 662. The number of nitrogens with zero attached hydrogens (tertiary/aromatic N) is 1. The lowest BCUT2D eigenvalue weighted by Gasteiger charge is -2.34. The molecule has 5 nitrogen and oxygen atoms in total. The minimum atomic E-state index is -0.374. The van der Waals surface area contributed by atoms with Gasteiger partial charge in [-0.25, -0.2) is 0 Å². The Morgan fingerprint density at radius 2 is 2.08 bits per heavy atom. The average molecular weight is 400 g/mol. The molecule has 0 aliphatic carbocycles. The summed E-state index contributed by atoms with van der Waals surface area (Å²) in [7, 11) is 1.76. The molecule has 1 aromatic carbocycles. The Morgan fingerprint density at radius 1 is 1.38 bits per heavy atom. The fourth-order valence-corrected chi connectivity index (χ4v) is 4.09. The van der Waals surface area contributed by atoms with Gasteiger partial charge in [0.25, 0.3) is 0 Å². The van der Waals surface area contributed by atoms with Crippen LogP contribution in [0.4, 0.5) is 0 Å². The van der Waals surface area contributed by atoms with Gasteiger partial charge in [-0.05, 0) is 49.0 Å². The second kappa shape index (κ2) is 8.59. The quantitative estimate of drug-likeness (QED) is 0.817. The van der Waals surface area contributed by atoms with E-state index in [1.54, 1.807) is 18.0 Å². The molecular weight excluding hydrogens is 373 g/mol. The number of halogens is 2. The third kappa shape index (κ3) is 4.51. The van der Waals surface area contributed by atoms with Crippen molar-refractivity contribution in [1.29, 1.82) is 0 Å². The number of rotatable bonds is 4. The molecule has 2 unspecified atom stereocenters. The van der Waals surface area contributed by atoms with E-state index in [-0.39, 0.29) is 48.0 Å². The van der Waals surface area contributed by atoms with Gasteiger partial charge in [-0.15, -0.1) is 12.4 Å². The molecule has 0 radical (unpaired) electrons. The SMILES string of the molecule is CN1C(=O)CC(C(=O)NCC2(C)CCNCC2)C1c1cccc(Cl)c1.Cl. The van der Waals surface area contributed by atoms with E-state index < -0.39 is 0 Å². The standard InChI is InChI=1S/C19H26ClN3O2.ClH/c1-19(6-8-21-9-7-19)12-22-18(25)15-11-16(24)23(2)17(15)13-4-3-5-14(20)10-13;/h3-5,10,15,17,21H,6-9,11-12H2,1-2H3,(H,22,25);1H. The van der Waals surface area contributed by atoms with Crippen LogP contribution in [0.5, 0.6) is 0 Å². The van der Waals surface area contributed by atoms with Crippen molar-refractivity contribution in [2.45, 2.75) is 32.2 Å². The van der Waals surface area contributed by atoms with E-state index in [0.29, 0.717) is 11.6 Å². The van der Waals surface area contributed by atoms with Crippen molar-refractivity contribution in [3.8, 4) is 0 Å². The van der Waals surface area contributed by atoms with Gasteiger partial charge in [0.15, 0.2) is 0 Å². The van der Waals surface area contributed by atoms with E-state index in [1.165, 1.54) is 0 Å². The van der Waals surface area contributed by atoms with E-state index in [4.69, 9.17) is 11.6 Å². The lowest BCUT2D eigenvalue weighted by atomic mass is 9.81. The van der Waals surface area contributed by atoms with E-state index in [9.17, 15) is 9.59 Å². The minimum Gasteiger partial charge on any atom is -0.355 e. The molecule has 1 aromatic rings. The van der Waals surface area contributed by atoms with Crippen LogP contribution < -0.4 is 10.6 Å². The Hall–Kier alpha value is -1.30. The van der Waals surface area contributed by atoms with Crippen LogP contribution in [0, 0.1) is 11.3 Å². The number of likely N-dealkylation sites (tertiary alicyclic amines) is 1. The third-order valence-electron chi connectivity index (χ3n) is 5.61. The molecule has 2 aliphatic heterocycles. The fourth-order valence-electron chi connectivity index (χ4n) is 3.89. The molecule has 2 aliphatic rings. The number of carbonyl (C=O) groups excluding carboxylic acids is 2. The summed E-state index contributed by atoms with van der Waals surface area (Å²) in [5.41, 5.74) is 1.04. The largest absolute Gasteiger partial charge is 0.355 e. The first-order chi connectivity index (χ1) is 11.9. The zero-order valence-corrected chi connectivity index (χ0v) is 16.8. The van der Waals surface area contributed by atoms with Gasteiger partial charge in [0.05, 0.1) is 12.0 Å². The minimum absolute atomic E-state index is 0. The molecule has 2 N–H and O–H groups in total. The first-order valence-corrected chi connectivity index (χ1v) is 9.27. The molecule has 2 saturated heterocycles. The van der Waals surface area contributed by atoms with Gasteiger partial charge in [0, 0.05) is 25.0 Å². The topological polar surface area (TPSA) is 61.4 Å². The summed E-state index contributed by atoms with van der Waals surface area (Å²) in [5, 5.41) is 7.08. The second-order valence-corrected chi connectivity index (χ2v) is 8.03. The maximum absolute atomic E-state index is 12.9. The normalized spacial score (nSPS) is 24.9. The highest BCUT2D eigenvalue weighted by Crippen LogP contribution is 2.38. The molecule has 2 heterocycles. The van der Waals surface area contributed by atoms with Crippen molar-refractivity contribution < 1.29 is 9.59 Å². The zero-order valence-electron chi connectivity index (χ0n) is 15.3. The van der Waals surface area contributed by atoms with Gasteiger partial charge in [-0.2, -0.15) is 0 Å². The molecule has 2 fully saturated rings.